The first-order chi connectivity index (χ1) is 21.0. The van der Waals surface area contributed by atoms with Crippen molar-refractivity contribution >= 4 is 11.8 Å². The van der Waals surface area contributed by atoms with Gasteiger partial charge in [-0.2, -0.15) is 0 Å². The maximum Gasteiger partial charge on any atom is 0.302 e. The second-order valence-electron chi connectivity index (χ2n) is 17.4. The molecule has 0 bridgehead atoms. The molecule has 0 radical (unpaired) electrons. The van der Waals surface area contributed by atoms with E-state index in [4.69, 9.17) is 4.74 Å². The van der Waals surface area contributed by atoms with Crippen LogP contribution in [0.2, 0.25) is 0 Å². The Morgan fingerprint density at radius 1 is 0.889 bits per heavy atom. The number of ketones is 1. The molecule has 5 heteroatoms. The van der Waals surface area contributed by atoms with E-state index in [1.165, 1.54) is 12.1 Å². The van der Waals surface area contributed by atoms with Crippen molar-refractivity contribution in [2.24, 2.45) is 56.7 Å². The summed E-state index contributed by atoms with van der Waals surface area (Å²) in [5.74, 6) is 0.720. The Labute approximate surface area is 270 Å². The van der Waals surface area contributed by atoms with Crippen molar-refractivity contribution in [3.8, 4) is 0 Å². The highest BCUT2D eigenvalue weighted by Crippen LogP contribution is 2.76. The summed E-state index contributed by atoms with van der Waals surface area (Å²) in [7, 11) is 0. The number of ether oxygens (including phenoxy) is 1. The van der Waals surface area contributed by atoms with E-state index < -0.39 is 11.6 Å². The van der Waals surface area contributed by atoms with Crippen molar-refractivity contribution < 1.29 is 23.1 Å². The lowest BCUT2D eigenvalue weighted by atomic mass is 9.33. The van der Waals surface area contributed by atoms with Gasteiger partial charge in [0.2, 0.25) is 0 Å². The lowest BCUT2D eigenvalue weighted by molar-refractivity contribution is -0.212. The number of carbonyl (C=O) groups excluding carboxylic acids is 2. The lowest BCUT2D eigenvalue weighted by Crippen LogP contribution is -2.65. The van der Waals surface area contributed by atoms with Gasteiger partial charge in [0.1, 0.15) is 11.9 Å². The van der Waals surface area contributed by atoms with Crippen molar-refractivity contribution in [3.05, 3.63) is 47.0 Å². The molecule has 0 saturated heterocycles. The molecule has 0 spiro atoms. The fourth-order valence-corrected chi connectivity index (χ4v) is 12.6. The van der Waals surface area contributed by atoms with Crippen LogP contribution < -0.4 is 0 Å². The van der Waals surface area contributed by atoms with Crippen LogP contribution >= 0.6 is 0 Å². The van der Waals surface area contributed by atoms with Gasteiger partial charge in [0.15, 0.2) is 11.6 Å². The zero-order valence-corrected chi connectivity index (χ0v) is 29.0. The number of rotatable bonds is 5. The number of fused-ring (bicyclic) bond motifs is 7. The maximum atomic E-state index is 14.5. The van der Waals surface area contributed by atoms with Gasteiger partial charge in [0.25, 0.3) is 0 Å². The second kappa shape index (κ2) is 11.0. The van der Waals surface area contributed by atoms with E-state index in [9.17, 15) is 18.4 Å². The Kier molecular flexibility index (Phi) is 8.05. The average molecular weight is 623 g/mol. The van der Waals surface area contributed by atoms with E-state index in [2.05, 4.69) is 54.5 Å². The summed E-state index contributed by atoms with van der Waals surface area (Å²) in [5.41, 5.74) is 2.14. The molecule has 5 aliphatic rings. The van der Waals surface area contributed by atoms with Crippen LogP contribution in [0.3, 0.4) is 0 Å². The number of aryl methyl sites for hydroxylation is 1. The molecule has 10 atom stereocenters. The molecular formula is C40H56F2O3. The van der Waals surface area contributed by atoms with Gasteiger partial charge in [-0.15, -0.1) is 0 Å². The van der Waals surface area contributed by atoms with E-state index >= 15 is 0 Å². The van der Waals surface area contributed by atoms with Crippen molar-refractivity contribution in [2.75, 3.05) is 0 Å². The standard InChI is InChI=1S/C40H56F2O3/c1-24-15-20-40(33(44)14-10-27-9-12-29(41)30(42)23-27)22-21-38(7)28(35(40)25(24)2)11-13-32-37(6)18-17-34(45-26(3)43)36(4,5)31(37)16-19-39(32,38)8/h9,11-12,23-25,31-32,34-35H,10,13-22H2,1-8H3/t24-,25+,31?,32?,34+,35?,37+,38-,39-,40-/m1/s1. The minimum Gasteiger partial charge on any atom is -0.462 e. The van der Waals surface area contributed by atoms with Gasteiger partial charge in [0, 0.05) is 24.2 Å². The highest BCUT2D eigenvalue weighted by atomic mass is 19.2. The third-order valence-corrected chi connectivity index (χ3v) is 15.4. The summed E-state index contributed by atoms with van der Waals surface area (Å²) in [4.78, 5) is 26.5. The summed E-state index contributed by atoms with van der Waals surface area (Å²) in [6.45, 7) is 18.7. The number of halogens is 2. The van der Waals surface area contributed by atoms with Gasteiger partial charge < -0.3 is 4.74 Å². The van der Waals surface area contributed by atoms with E-state index in [1.54, 1.807) is 18.6 Å². The van der Waals surface area contributed by atoms with Crippen LogP contribution in [-0.2, 0) is 20.7 Å². The van der Waals surface area contributed by atoms with Crippen LogP contribution in [0.4, 0.5) is 8.78 Å². The SMILES string of the molecule is CC(=O)O[C@H]1CC[C@@]2(C)C(CC[C@]3(C)C2CC=C2C4[C@@H](C)[C@H](C)CC[C@]4(C(=O)CCc4ccc(F)c(F)c4)CC[C@]23C)C1(C)C. The Hall–Kier alpha value is -2.04. The molecule has 5 aliphatic carbocycles. The number of hydrogen-bond acceptors (Lipinski definition) is 3. The fraction of sp³-hybridized carbons (Fsp3) is 0.750. The molecule has 0 amide bonds. The first-order valence-electron chi connectivity index (χ1n) is 17.9. The van der Waals surface area contributed by atoms with Crippen LogP contribution in [0.1, 0.15) is 125 Å². The summed E-state index contributed by atoms with van der Waals surface area (Å²) in [6.07, 6.45) is 12.7. The van der Waals surface area contributed by atoms with Gasteiger partial charge >= 0.3 is 5.97 Å². The molecular weight excluding hydrogens is 566 g/mol. The normalized spacial score (nSPS) is 43.6. The van der Waals surface area contributed by atoms with Crippen LogP contribution in [0.25, 0.3) is 0 Å². The van der Waals surface area contributed by atoms with Crippen molar-refractivity contribution in [3.63, 3.8) is 0 Å². The Morgan fingerprint density at radius 2 is 1.62 bits per heavy atom. The van der Waals surface area contributed by atoms with Crippen molar-refractivity contribution in [1.29, 1.82) is 0 Å². The first kappa shape index (κ1) is 32.9. The number of Topliss-reactive ketones (excluding diaryl/α,β-unsaturated/α-hetero) is 1. The highest BCUT2D eigenvalue weighted by Gasteiger charge is 2.69. The number of esters is 1. The third-order valence-electron chi connectivity index (χ3n) is 15.4. The minimum absolute atomic E-state index is 0.0278. The van der Waals surface area contributed by atoms with Gasteiger partial charge in [-0.3, -0.25) is 9.59 Å². The summed E-state index contributed by atoms with van der Waals surface area (Å²) >= 11 is 0. The second-order valence-corrected chi connectivity index (χ2v) is 17.4. The molecule has 0 aromatic heterocycles. The molecule has 6 rings (SSSR count). The smallest absolute Gasteiger partial charge is 0.302 e. The Bertz CT molecular complexity index is 1400. The molecule has 248 valence electrons. The Balaban J connectivity index is 1.34. The molecule has 3 nitrogen and oxygen atoms in total. The number of carbonyl (C=O) groups is 2. The molecule has 0 heterocycles. The van der Waals surface area contributed by atoms with E-state index in [-0.39, 0.29) is 45.1 Å². The van der Waals surface area contributed by atoms with Crippen LogP contribution in [-0.4, -0.2) is 17.9 Å². The third kappa shape index (κ3) is 4.73. The van der Waals surface area contributed by atoms with E-state index in [0.29, 0.717) is 47.9 Å². The van der Waals surface area contributed by atoms with E-state index in [0.717, 1.165) is 57.8 Å². The Morgan fingerprint density at radius 3 is 2.31 bits per heavy atom. The molecule has 0 N–H and O–H groups in total. The van der Waals surface area contributed by atoms with Crippen LogP contribution in [0, 0.1) is 68.3 Å². The maximum absolute atomic E-state index is 14.5. The lowest BCUT2D eigenvalue weighted by Gasteiger charge is -2.71. The number of benzene rings is 1. The molecule has 45 heavy (non-hydrogen) atoms. The molecule has 4 fully saturated rings. The average Bonchev–Trinajstić information content (AvgIpc) is 2.97. The quantitative estimate of drug-likeness (QED) is 0.242. The van der Waals surface area contributed by atoms with Crippen molar-refractivity contribution in [2.45, 2.75) is 132 Å². The van der Waals surface area contributed by atoms with Crippen LogP contribution in [0.5, 0.6) is 0 Å². The van der Waals surface area contributed by atoms with Gasteiger partial charge in [-0.25, -0.2) is 8.78 Å². The summed E-state index contributed by atoms with van der Waals surface area (Å²) in [6, 6.07) is 4.05. The van der Waals surface area contributed by atoms with Gasteiger partial charge in [0.05, 0.1) is 0 Å². The fourth-order valence-electron chi connectivity index (χ4n) is 12.6. The van der Waals surface area contributed by atoms with Gasteiger partial charge in [-0.05, 0) is 128 Å². The summed E-state index contributed by atoms with van der Waals surface area (Å²) < 4.78 is 33.5. The summed E-state index contributed by atoms with van der Waals surface area (Å²) in [5, 5.41) is 0. The van der Waals surface area contributed by atoms with Crippen molar-refractivity contribution in [1.82, 2.24) is 0 Å². The molecule has 0 aliphatic heterocycles. The van der Waals surface area contributed by atoms with Crippen LogP contribution in [0.15, 0.2) is 29.8 Å². The zero-order valence-electron chi connectivity index (χ0n) is 29.0. The number of allylic oxidation sites excluding steroid dienone is 2. The highest BCUT2D eigenvalue weighted by molar-refractivity contribution is 5.86. The predicted molar refractivity (Wildman–Crippen MR) is 174 cm³/mol. The molecule has 1 aromatic carbocycles. The predicted octanol–water partition coefficient (Wildman–Crippen LogP) is 10.1. The van der Waals surface area contributed by atoms with Gasteiger partial charge in [-0.1, -0.05) is 66.2 Å². The molecule has 4 saturated carbocycles. The monoisotopic (exact) mass is 622 g/mol. The number of hydrogen-bond donors (Lipinski definition) is 0. The molecule has 3 unspecified atom stereocenters. The van der Waals surface area contributed by atoms with E-state index in [1.807, 2.05) is 0 Å². The largest absolute Gasteiger partial charge is 0.462 e. The minimum atomic E-state index is -0.842. The topological polar surface area (TPSA) is 43.4 Å². The zero-order chi connectivity index (χ0) is 32.7. The molecule has 1 aromatic rings. The first-order valence-corrected chi connectivity index (χ1v) is 17.9.